The van der Waals surface area contributed by atoms with Gasteiger partial charge >= 0.3 is 0 Å². The minimum atomic E-state index is 0.349. The molecule has 0 spiro atoms. The molecule has 3 aromatic rings. The summed E-state index contributed by atoms with van der Waals surface area (Å²) in [7, 11) is 0. The Morgan fingerprint density at radius 3 is 2.25 bits per heavy atom. The number of hydrogen-bond donors (Lipinski definition) is 1. The molecule has 0 atom stereocenters. The third-order valence-electron chi connectivity index (χ3n) is 3.29. The molecule has 0 saturated carbocycles. The third kappa shape index (κ3) is 4.57. The van der Waals surface area contributed by atoms with E-state index in [1.54, 1.807) is 18.2 Å². The average molecular weight is 360 g/mol. The Morgan fingerprint density at radius 1 is 0.792 bits per heavy atom. The molecule has 3 aromatic carbocycles. The topological polar surface area (TPSA) is 30.5 Å². The standard InChI is InChI=1S/C19H15Cl2NO2/c20-15-6-11-19(21)14(12-15)13-23-17-7-9-18(10-8-17)24-22-16-4-2-1-3-5-16/h1-12,22H,13H2. The summed E-state index contributed by atoms with van der Waals surface area (Å²) in [4.78, 5) is 5.50. The molecule has 0 heterocycles. The Bertz CT molecular complexity index is 792. The molecule has 0 aromatic heterocycles. The smallest absolute Gasteiger partial charge is 0.155 e. The van der Waals surface area contributed by atoms with Crippen LogP contribution in [-0.4, -0.2) is 0 Å². The molecule has 0 saturated heterocycles. The lowest BCUT2D eigenvalue weighted by molar-refractivity contribution is 0.305. The van der Waals surface area contributed by atoms with E-state index >= 15 is 0 Å². The zero-order chi connectivity index (χ0) is 16.8. The Kier molecular flexibility index (Phi) is 5.47. The Labute approximate surface area is 150 Å². The second-order valence-electron chi connectivity index (χ2n) is 5.07. The van der Waals surface area contributed by atoms with Gasteiger partial charge in [0.25, 0.3) is 0 Å². The Morgan fingerprint density at radius 2 is 1.50 bits per heavy atom. The molecule has 24 heavy (non-hydrogen) atoms. The van der Waals surface area contributed by atoms with Crippen LogP contribution in [0.3, 0.4) is 0 Å². The minimum absolute atomic E-state index is 0.349. The van der Waals surface area contributed by atoms with Crippen molar-refractivity contribution in [1.29, 1.82) is 0 Å². The van der Waals surface area contributed by atoms with Crippen LogP contribution in [0.1, 0.15) is 5.56 Å². The van der Waals surface area contributed by atoms with Crippen LogP contribution in [0.4, 0.5) is 5.69 Å². The van der Waals surface area contributed by atoms with E-state index in [-0.39, 0.29) is 0 Å². The van der Waals surface area contributed by atoms with Crippen LogP contribution in [0, 0.1) is 0 Å². The van der Waals surface area contributed by atoms with E-state index < -0.39 is 0 Å². The SMILES string of the molecule is Clc1ccc(Cl)c(COc2ccc(ONc3ccccc3)cc2)c1. The molecule has 3 rings (SSSR count). The largest absolute Gasteiger partial charge is 0.489 e. The van der Waals surface area contributed by atoms with Crippen LogP contribution in [0.15, 0.2) is 72.8 Å². The van der Waals surface area contributed by atoms with Gasteiger partial charge in [-0.2, -0.15) is 0 Å². The van der Waals surface area contributed by atoms with Gasteiger partial charge in [-0.3, -0.25) is 0 Å². The molecule has 0 radical (unpaired) electrons. The predicted octanol–water partition coefficient (Wildman–Crippen LogP) is 5.98. The summed E-state index contributed by atoms with van der Waals surface area (Å²) in [6.07, 6.45) is 0. The van der Waals surface area contributed by atoms with Gasteiger partial charge in [0.1, 0.15) is 12.4 Å². The van der Waals surface area contributed by atoms with Crippen molar-refractivity contribution >= 4 is 28.9 Å². The van der Waals surface area contributed by atoms with E-state index in [2.05, 4.69) is 5.48 Å². The first-order valence-corrected chi connectivity index (χ1v) is 8.11. The number of para-hydroxylation sites is 1. The van der Waals surface area contributed by atoms with E-state index in [0.717, 1.165) is 17.0 Å². The molecule has 1 N–H and O–H groups in total. The predicted molar refractivity (Wildman–Crippen MR) is 97.9 cm³/mol. The highest BCUT2D eigenvalue weighted by Gasteiger charge is 2.03. The number of rotatable bonds is 6. The summed E-state index contributed by atoms with van der Waals surface area (Å²) in [6, 6.07) is 22.3. The summed E-state index contributed by atoms with van der Waals surface area (Å²) in [5.41, 5.74) is 4.60. The van der Waals surface area contributed by atoms with E-state index in [9.17, 15) is 0 Å². The lowest BCUT2D eigenvalue weighted by Gasteiger charge is -2.10. The molecule has 0 fully saturated rings. The lowest BCUT2D eigenvalue weighted by atomic mass is 10.2. The molecule has 3 nitrogen and oxygen atoms in total. The molecule has 5 heteroatoms. The van der Waals surface area contributed by atoms with E-state index in [4.69, 9.17) is 32.8 Å². The highest BCUT2D eigenvalue weighted by Crippen LogP contribution is 2.24. The molecule has 0 bridgehead atoms. The summed E-state index contributed by atoms with van der Waals surface area (Å²) in [5.74, 6) is 1.41. The number of ether oxygens (including phenoxy) is 1. The minimum Gasteiger partial charge on any atom is -0.489 e. The maximum absolute atomic E-state index is 6.12. The monoisotopic (exact) mass is 359 g/mol. The zero-order valence-electron chi connectivity index (χ0n) is 12.7. The van der Waals surface area contributed by atoms with Crippen LogP contribution in [0.2, 0.25) is 10.0 Å². The van der Waals surface area contributed by atoms with Gasteiger partial charge in [0.05, 0.1) is 5.69 Å². The van der Waals surface area contributed by atoms with Gasteiger partial charge < -0.3 is 9.57 Å². The summed E-state index contributed by atoms with van der Waals surface area (Å²) < 4.78 is 5.73. The fourth-order valence-corrected chi connectivity index (χ4v) is 2.41. The van der Waals surface area contributed by atoms with E-state index in [1.165, 1.54) is 0 Å². The lowest BCUT2D eigenvalue weighted by Crippen LogP contribution is -2.04. The molecule has 0 aliphatic heterocycles. The number of anilines is 1. The fraction of sp³-hybridized carbons (Fsp3) is 0.0526. The van der Waals surface area contributed by atoms with Gasteiger partial charge in [-0.1, -0.05) is 41.4 Å². The fourth-order valence-electron chi connectivity index (χ4n) is 2.04. The highest BCUT2D eigenvalue weighted by atomic mass is 35.5. The van der Waals surface area contributed by atoms with Crippen molar-refractivity contribution < 1.29 is 9.57 Å². The van der Waals surface area contributed by atoms with Crippen molar-refractivity contribution in [3.05, 3.63) is 88.4 Å². The highest BCUT2D eigenvalue weighted by molar-refractivity contribution is 6.33. The van der Waals surface area contributed by atoms with Crippen molar-refractivity contribution in [2.75, 3.05) is 5.48 Å². The first kappa shape index (κ1) is 16.5. The quantitative estimate of drug-likeness (QED) is 0.549. The van der Waals surface area contributed by atoms with Gasteiger partial charge in [-0.05, 0) is 54.6 Å². The summed E-state index contributed by atoms with van der Waals surface area (Å²) in [5, 5.41) is 1.26. The van der Waals surface area contributed by atoms with Gasteiger partial charge in [0.15, 0.2) is 5.75 Å². The van der Waals surface area contributed by atoms with Gasteiger partial charge in [0.2, 0.25) is 0 Å². The maximum atomic E-state index is 6.12. The molecular weight excluding hydrogens is 345 g/mol. The van der Waals surface area contributed by atoms with Gasteiger partial charge in [-0.15, -0.1) is 0 Å². The molecule has 122 valence electrons. The van der Waals surface area contributed by atoms with Crippen molar-refractivity contribution in [2.45, 2.75) is 6.61 Å². The molecule has 0 aliphatic rings. The Hall–Kier alpha value is -2.36. The molecular formula is C19H15Cl2NO2. The average Bonchev–Trinajstić information content (AvgIpc) is 2.62. The maximum Gasteiger partial charge on any atom is 0.155 e. The zero-order valence-corrected chi connectivity index (χ0v) is 14.2. The number of hydrogen-bond acceptors (Lipinski definition) is 3. The van der Waals surface area contributed by atoms with Crippen LogP contribution >= 0.6 is 23.2 Å². The van der Waals surface area contributed by atoms with Crippen LogP contribution in [-0.2, 0) is 6.61 Å². The van der Waals surface area contributed by atoms with Crippen molar-refractivity contribution in [3.8, 4) is 11.5 Å². The van der Waals surface area contributed by atoms with Crippen LogP contribution < -0.4 is 15.1 Å². The number of halogens is 2. The van der Waals surface area contributed by atoms with Crippen molar-refractivity contribution in [1.82, 2.24) is 0 Å². The van der Waals surface area contributed by atoms with Gasteiger partial charge in [-0.25, -0.2) is 5.48 Å². The second-order valence-corrected chi connectivity index (χ2v) is 5.91. The molecule has 0 amide bonds. The second kappa shape index (κ2) is 7.95. The normalized spacial score (nSPS) is 10.2. The molecule has 0 aliphatic carbocycles. The summed E-state index contributed by atoms with van der Waals surface area (Å²) in [6.45, 7) is 0.349. The first-order chi connectivity index (χ1) is 11.7. The molecule has 0 unspecified atom stereocenters. The first-order valence-electron chi connectivity index (χ1n) is 7.35. The van der Waals surface area contributed by atoms with Crippen LogP contribution in [0.25, 0.3) is 0 Å². The van der Waals surface area contributed by atoms with E-state index in [0.29, 0.717) is 22.4 Å². The van der Waals surface area contributed by atoms with Crippen LogP contribution in [0.5, 0.6) is 11.5 Å². The van der Waals surface area contributed by atoms with Crippen molar-refractivity contribution in [3.63, 3.8) is 0 Å². The third-order valence-corrected chi connectivity index (χ3v) is 3.89. The number of nitrogens with one attached hydrogen (secondary N) is 1. The van der Waals surface area contributed by atoms with Crippen molar-refractivity contribution in [2.24, 2.45) is 0 Å². The summed E-state index contributed by atoms with van der Waals surface area (Å²) >= 11 is 12.1. The van der Waals surface area contributed by atoms with Gasteiger partial charge in [0, 0.05) is 15.6 Å². The van der Waals surface area contributed by atoms with E-state index in [1.807, 2.05) is 54.6 Å². The Balaban J connectivity index is 1.55. The number of benzene rings is 3.